The van der Waals surface area contributed by atoms with Gasteiger partial charge in [-0.25, -0.2) is 0 Å². The van der Waals surface area contributed by atoms with E-state index >= 15 is 0 Å². The zero-order chi connectivity index (χ0) is 15.1. The van der Waals surface area contributed by atoms with Gasteiger partial charge in [-0.15, -0.1) is 0 Å². The Labute approximate surface area is 119 Å². The highest BCUT2D eigenvalue weighted by molar-refractivity contribution is 5.97. The molecule has 0 atom stereocenters. The van der Waals surface area contributed by atoms with Gasteiger partial charge in [-0.3, -0.25) is 9.59 Å². The number of carboxylic acids is 1. The maximum Gasteiger partial charge on any atom is 0.303 e. The maximum absolute atomic E-state index is 12.5. The molecule has 0 aliphatic heterocycles. The van der Waals surface area contributed by atoms with Crippen molar-refractivity contribution in [3.05, 3.63) is 29.8 Å². The molecular weight excluding hydrogens is 258 g/mol. The van der Waals surface area contributed by atoms with Gasteiger partial charge >= 0.3 is 5.97 Å². The molecule has 0 bridgehead atoms. The summed E-state index contributed by atoms with van der Waals surface area (Å²) in [6.45, 7) is 4.24. The minimum Gasteiger partial charge on any atom is -0.496 e. The van der Waals surface area contributed by atoms with E-state index in [0.29, 0.717) is 24.3 Å². The van der Waals surface area contributed by atoms with E-state index in [2.05, 4.69) is 0 Å². The molecule has 0 aromatic heterocycles. The second kappa shape index (κ2) is 7.53. The van der Waals surface area contributed by atoms with Crippen LogP contribution in [-0.4, -0.2) is 41.6 Å². The van der Waals surface area contributed by atoms with Crippen LogP contribution in [0.15, 0.2) is 24.3 Å². The quantitative estimate of drug-likeness (QED) is 0.832. The number of carbonyl (C=O) groups excluding carboxylic acids is 1. The van der Waals surface area contributed by atoms with Crippen LogP contribution in [0.4, 0.5) is 0 Å². The van der Waals surface area contributed by atoms with Crippen molar-refractivity contribution in [2.24, 2.45) is 0 Å². The zero-order valence-electron chi connectivity index (χ0n) is 12.1. The van der Waals surface area contributed by atoms with Crippen LogP contribution in [0, 0.1) is 0 Å². The van der Waals surface area contributed by atoms with E-state index in [1.54, 1.807) is 29.2 Å². The first-order valence-electron chi connectivity index (χ1n) is 6.63. The summed E-state index contributed by atoms with van der Waals surface area (Å²) in [5.74, 6) is -0.456. The van der Waals surface area contributed by atoms with E-state index in [4.69, 9.17) is 9.84 Å². The smallest absolute Gasteiger partial charge is 0.303 e. The van der Waals surface area contributed by atoms with Crippen molar-refractivity contribution < 1.29 is 19.4 Å². The first-order valence-corrected chi connectivity index (χ1v) is 6.63. The molecular formula is C15H21NO4. The Balaban J connectivity index is 2.85. The number of nitrogens with zero attached hydrogens (tertiary/aromatic N) is 1. The molecule has 0 unspecified atom stereocenters. The van der Waals surface area contributed by atoms with Gasteiger partial charge in [0, 0.05) is 19.0 Å². The molecule has 0 saturated carbocycles. The number of rotatable bonds is 7. The van der Waals surface area contributed by atoms with Crippen molar-refractivity contribution in [1.82, 2.24) is 4.90 Å². The van der Waals surface area contributed by atoms with Crippen molar-refractivity contribution in [2.45, 2.75) is 32.7 Å². The number of carbonyl (C=O) groups is 2. The summed E-state index contributed by atoms with van der Waals surface area (Å²) < 4.78 is 5.20. The Morgan fingerprint density at radius 3 is 2.50 bits per heavy atom. The van der Waals surface area contributed by atoms with Gasteiger partial charge in [0.1, 0.15) is 5.75 Å². The van der Waals surface area contributed by atoms with Crippen LogP contribution in [0.1, 0.15) is 37.0 Å². The van der Waals surface area contributed by atoms with Crippen molar-refractivity contribution in [2.75, 3.05) is 13.7 Å². The Morgan fingerprint density at radius 1 is 1.30 bits per heavy atom. The molecule has 5 heteroatoms. The van der Waals surface area contributed by atoms with E-state index in [1.165, 1.54) is 7.11 Å². The normalized spacial score (nSPS) is 10.4. The summed E-state index contributed by atoms with van der Waals surface area (Å²) in [5.41, 5.74) is 0.499. The van der Waals surface area contributed by atoms with Gasteiger partial charge in [-0.2, -0.15) is 0 Å². The van der Waals surface area contributed by atoms with E-state index in [0.717, 1.165) is 0 Å². The molecule has 0 radical (unpaired) electrons. The molecule has 0 fully saturated rings. The predicted octanol–water partition coefficient (Wildman–Crippen LogP) is 2.41. The Kier molecular flexibility index (Phi) is 6.03. The maximum atomic E-state index is 12.5. The number of hydrogen-bond acceptors (Lipinski definition) is 3. The third-order valence-corrected chi connectivity index (χ3v) is 3.01. The molecule has 5 nitrogen and oxygen atoms in total. The van der Waals surface area contributed by atoms with E-state index < -0.39 is 5.97 Å². The largest absolute Gasteiger partial charge is 0.496 e. The molecule has 20 heavy (non-hydrogen) atoms. The molecule has 0 spiro atoms. The third kappa shape index (κ3) is 4.26. The number of benzene rings is 1. The highest BCUT2D eigenvalue weighted by atomic mass is 16.5. The van der Waals surface area contributed by atoms with E-state index in [1.807, 2.05) is 13.8 Å². The van der Waals surface area contributed by atoms with Gasteiger partial charge in [0.2, 0.25) is 0 Å². The fourth-order valence-electron chi connectivity index (χ4n) is 1.97. The van der Waals surface area contributed by atoms with Gasteiger partial charge in [-0.1, -0.05) is 12.1 Å². The predicted molar refractivity (Wildman–Crippen MR) is 76.0 cm³/mol. The number of carboxylic acid groups (broad SMARTS) is 1. The minimum atomic E-state index is -0.849. The van der Waals surface area contributed by atoms with Gasteiger partial charge in [-0.05, 0) is 32.4 Å². The molecule has 1 aromatic carbocycles. The topological polar surface area (TPSA) is 66.8 Å². The first-order chi connectivity index (χ1) is 9.47. The van der Waals surface area contributed by atoms with Crippen molar-refractivity contribution >= 4 is 11.9 Å². The number of amides is 1. The Hall–Kier alpha value is -2.04. The van der Waals surface area contributed by atoms with E-state index in [9.17, 15) is 9.59 Å². The second-order valence-corrected chi connectivity index (χ2v) is 4.79. The van der Waals surface area contributed by atoms with Crippen LogP contribution < -0.4 is 4.74 Å². The summed E-state index contributed by atoms with van der Waals surface area (Å²) in [5, 5.41) is 8.68. The molecule has 1 aromatic rings. The lowest BCUT2D eigenvalue weighted by molar-refractivity contribution is -0.137. The van der Waals surface area contributed by atoms with Gasteiger partial charge in [0.15, 0.2) is 0 Å². The summed E-state index contributed by atoms with van der Waals surface area (Å²) in [6.07, 6.45) is 0.497. The number of ether oxygens (including phenoxy) is 1. The lowest BCUT2D eigenvalue weighted by Crippen LogP contribution is -2.38. The van der Waals surface area contributed by atoms with Crippen LogP contribution in [0.5, 0.6) is 5.75 Å². The molecule has 0 heterocycles. The minimum absolute atomic E-state index is 0.00112. The fraction of sp³-hybridized carbons (Fsp3) is 0.467. The fourth-order valence-corrected chi connectivity index (χ4v) is 1.97. The molecule has 1 amide bonds. The third-order valence-electron chi connectivity index (χ3n) is 3.01. The van der Waals surface area contributed by atoms with Crippen LogP contribution >= 0.6 is 0 Å². The van der Waals surface area contributed by atoms with Crippen LogP contribution in [0.2, 0.25) is 0 Å². The lowest BCUT2D eigenvalue weighted by Gasteiger charge is -2.27. The molecule has 1 N–H and O–H groups in total. The summed E-state index contributed by atoms with van der Waals surface area (Å²) in [6, 6.07) is 7.04. The van der Waals surface area contributed by atoms with Gasteiger partial charge < -0.3 is 14.7 Å². The number of methoxy groups -OCH3 is 1. The molecule has 0 aliphatic carbocycles. The molecule has 110 valence electrons. The summed E-state index contributed by atoms with van der Waals surface area (Å²) >= 11 is 0. The van der Waals surface area contributed by atoms with Crippen molar-refractivity contribution in [3.8, 4) is 5.75 Å². The van der Waals surface area contributed by atoms with Gasteiger partial charge in [0.05, 0.1) is 12.7 Å². The first kappa shape index (κ1) is 16.0. The Morgan fingerprint density at radius 2 is 1.95 bits per heavy atom. The van der Waals surface area contributed by atoms with Gasteiger partial charge in [0.25, 0.3) is 5.91 Å². The average molecular weight is 279 g/mol. The molecule has 0 saturated heterocycles. The van der Waals surface area contributed by atoms with Crippen molar-refractivity contribution in [3.63, 3.8) is 0 Å². The lowest BCUT2D eigenvalue weighted by atomic mass is 10.1. The number of hydrogen-bond donors (Lipinski definition) is 1. The highest BCUT2D eigenvalue weighted by Crippen LogP contribution is 2.20. The molecule has 1 rings (SSSR count). The van der Waals surface area contributed by atoms with Crippen LogP contribution in [0.25, 0.3) is 0 Å². The SMILES string of the molecule is COc1ccccc1C(=O)N(CCCC(=O)O)C(C)C. The average Bonchev–Trinajstić information content (AvgIpc) is 2.42. The van der Waals surface area contributed by atoms with Crippen LogP contribution in [0.3, 0.4) is 0 Å². The summed E-state index contributed by atoms with van der Waals surface area (Å²) in [4.78, 5) is 24.8. The summed E-state index contributed by atoms with van der Waals surface area (Å²) in [7, 11) is 1.52. The molecule has 0 aliphatic rings. The standard InChI is InChI=1S/C15H21NO4/c1-11(2)16(10-6-9-14(17)18)15(19)12-7-4-5-8-13(12)20-3/h4-5,7-8,11H,6,9-10H2,1-3H3,(H,17,18). The van der Waals surface area contributed by atoms with E-state index in [-0.39, 0.29) is 18.4 Å². The second-order valence-electron chi connectivity index (χ2n) is 4.79. The zero-order valence-corrected chi connectivity index (χ0v) is 12.1. The number of para-hydroxylation sites is 1. The van der Waals surface area contributed by atoms with Crippen molar-refractivity contribution in [1.29, 1.82) is 0 Å². The van der Waals surface area contributed by atoms with Crippen LogP contribution in [-0.2, 0) is 4.79 Å². The monoisotopic (exact) mass is 279 g/mol. The number of aliphatic carboxylic acids is 1. The highest BCUT2D eigenvalue weighted by Gasteiger charge is 2.21. The Bertz CT molecular complexity index is 471.